The van der Waals surface area contributed by atoms with Crippen molar-refractivity contribution in [2.45, 2.75) is 33.4 Å². The summed E-state index contributed by atoms with van der Waals surface area (Å²) in [6, 6.07) is 9.21. The van der Waals surface area contributed by atoms with Crippen LogP contribution >= 0.6 is 0 Å². The lowest BCUT2D eigenvalue weighted by atomic mass is 10.0. The summed E-state index contributed by atoms with van der Waals surface area (Å²) in [5, 5.41) is 11.8. The van der Waals surface area contributed by atoms with Gasteiger partial charge in [-0.25, -0.2) is 9.59 Å². The molecule has 1 heterocycles. The number of hydrogen-bond donors (Lipinski definition) is 2. The third-order valence-corrected chi connectivity index (χ3v) is 5.12. The van der Waals surface area contributed by atoms with Crippen molar-refractivity contribution in [3.8, 4) is 5.75 Å². The fourth-order valence-electron chi connectivity index (χ4n) is 3.59. The van der Waals surface area contributed by atoms with E-state index in [1.807, 2.05) is 32.0 Å². The standard InChI is InChI=1S/C22H23N3O7/c1-4-14-8-5-7-13(2)16(14)11-23-21(28)25-20(27)15-9-6-10-17(32-22(29)30)19(15)24(25)12-18(26)31-3/h5-10H,4,11-12H2,1-3H3,(H,23,28)(H,29,30). The Hall–Kier alpha value is -4.08. The molecular formula is C22H23N3O7. The number of carbonyl (C=O) groups excluding carboxylic acids is 2. The Labute approximate surface area is 182 Å². The van der Waals surface area contributed by atoms with E-state index >= 15 is 0 Å². The summed E-state index contributed by atoms with van der Waals surface area (Å²) in [5.74, 6) is -0.921. The molecule has 0 unspecified atom stereocenters. The van der Waals surface area contributed by atoms with Gasteiger partial charge < -0.3 is 19.9 Å². The quantitative estimate of drug-likeness (QED) is 0.444. The van der Waals surface area contributed by atoms with Gasteiger partial charge in [-0.1, -0.05) is 31.2 Å². The highest BCUT2D eigenvalue weighted by Gasteiger charge is 2.24. The number of nitrogens with one attached hydrogen (secondary N) is 1. The number of benzene rings is 2. The summed E-state index contributed by atoms with van der Waals surface area (Å²) < 4.78 is 11.2. The number of methoxy groups -OCH3 is 1. The van der Waals surface area contributed by atoms with Gasteiger partial charge in [-0.15, -0.1) is 0 Å². The fourth-order valence-corrected chi connectivity index (χ4v) is 3.59. The number of esters is 1. The van der Waals surface area contributed by atoms with Crippen molar-refractivity contribution in [3.63, 3.8) is 0 Å². The average Bonchev–Trinajstić information content (AvgIpc) is 3.04. The third kappa shape index (κ3) is 4.34. The number of para-hydroxylation sites is 1. The SMILES string of the molecule is CCc1cccc(C)c1CNC(=O)n1c(=O)c2cccc(OC(=O)O)c2n1CC(=O)OC. The van der Waals surface area contributed by atoms with Crippen molar-refractivity contribution in [2.24, 2.45) is 0 Å². The molecular weight excluding hydrogens is 418 g/mol. The van der Waals surface area contributed by atoms with Crippen LogP contribution in [-0.2, 0) is 29.0 Å². The summed E-state index contributed by atoms with van der Waals surface area (Å²) in [4.78, 5) is 49.2. The van der Waals surface area contributed by atoms with Crippen LogP contribution in [0.15, 0.2) is 41.2 Å². The maximum Gasteiger partial charge on any atom is 0.511 e. The van der Waals surface area contributed by atoms with E-state index in [1.165, 1.54) is 18.2 Å². The molecule has 0 aliphatic carbocycles. The molecule has 1 aromatic heterocycles. The molecule has 3 rings (SSSR count). The Kier molecular flexibility index (Phi) is 6.62. The van der Waals surface area contributed by atoms with Gasteiger partial charge in [-0.05, 0) is 42.2 Å². The molecule has 32 heavy (non-hydrogen) atoms. The Morgan fingerprint density at radius 2 is 1.84 bits per heavy atom. The second kappa shape index (κ2) is 9.38. The van der Waals surface area contributed by atoms with Crippen LogP contribution in [0.25, 0.3) is 10.9 Å². The van der Waals surface area contributed by atoms with Crippen molar-refractivity contribution in [3.05, 3.63) is 63.4 Å². The lowest BCUT2D eigenvalue weighted by molar-refractivity contribution is -0.141. The van der Waals surface area contributed by atoms with E-state index in [9.17, 15) is 19.2 Å². The van der Waals surface area contributed by atoms with E-state index in [-0.39, 0.29) is 23.2 Å². The number of amides is 1. The molecule has 0 saturated heterocycles. The van der Waals surface area contributed by atoms with Crippen molar-refractivity contribution >= 4 is 29.1 Å². The van der Waals surface area contributed by atoms with Crippen LogP contribution in [0.1, 0.15) is 23.6 Å². The molecule has 0 fully saturated rings. The largest absolute Gasteiger partial charge is 0.511 e. The molecule has 0 aliphatic heterocycles. The molecule has 0 atom stereocenters. The van der Waals surface area contributed by atoms with Gasteiger partial charge in [0.1, 0.15) is 12.1 Å². The average molecular weight is 441 g/mol. The number of nitrogens with zero attached hydrogens (tertiary/aromatic N) is 2. The van der Waals surface area contributed by atoms with Gasteiger partial charge in [0.15, 0.2) is 5.75 Å². The smallest absolute Gasteiger partial charge is 0.468 e. The molecule has 10 heteroatoms. The molecule has 168 valence electrons. The molecule has 10 nitrogen and oxygen atoms in total. The topological polar surface area (TPSA) is 129 Å². The van der Waals surface area contributed by atoms with E-state index < -0.39 is 30.3 Å². The van der Waals surface area contributed by atoms with Gasteiger partial charge >= 0.3 is 18.2 Å². The van der Waals surface area contributed by atoms with Gasteiger partial charge in [0.05, 0.1) is 12.5 Å². The minimum absolute atomic E-state index is 0.00871. The van der Waals surface area contributed by atoms with Crippen molar-refractivity contribution < 1.29 is 29.0 Å². The summed E-state index contributed by atoms with van der Waals surface area (Å²) in [7, 11) is 1.16. The zero-order valence-electron chi connectivity index (χ0n) is 17.9. The molecule has 0 bridgehead atoms. The van der Waals surface area contributed by atoms with Gasteiger partial charge in [-0.2, -0.15) is 4.68 Å². The molecule has 2 N–H and O–H groups in total. The van der Waals surface area contributed by atoms with Crippen molar-refractivity contribution in [1.82, 2.24) is 14.7 Å². The van der Waals surface area contributed by atoms with Crippen LogP contribution in [0.3, 0.4) is 0 Å². The first-order valence-corrected chi connectivity index (χ1v) is 9.86. The minimum atomic E-state index is -1.60. The monoisotopic (exact) mass is 441 g/mol. The summed E-state index contributed by atoms with van der Waals surface area (Å²) >= 11 is 0. The van der Waals surface area contributed by atoms with Crippen LogP contribution in [0.4, 0.5) is 9.59 Å². The fraction of sp³-hybridized carbons (Fsp3) is 0.273. The number of aryl methyl sites for hydroxylation is 2. The highest BCUT2D eigenvalue weighted by Crippen LogP contribution is 2.25. The Bertz CT molecular complexity index is 1260. The molecule has 1 amide bonds. The maximum atomic E-state index is 13.1. The van der Waals surface area contributed by atoms with E-state index in [0.717, 1.165) is 39.6 Å². The van der Waals surface area contributed by atoms with Gasteiger partial charge in [0.25, 0.3) is 5.56 Å². The third-order valence-electron chi connectivity index (χ3n) is 5.12. The number of fused-ring (bicyclic) bond motifs is 1. The predicted molar refractivity (Wildman–Crippen MR) is 115 cm³/mol. The first-order valence-electron chi connectivity index (χ1n) is 9.86. The van der Waals surface area contributed by atoms with E-state index in [2.05, 4.69) is 10.1 Å². The second-order valence-corrected chi connectivity index (χ2v) is 7.00. The maximum absolute atomic E-state index is 13.1. The van der Waals surface area contributed by atoms with Crippen molar-refractivity contribution in [2.75, 3.05) is 7.11 Å². The summed E-state index contributed by atoms with van der Waals surface area (Å²) in [6.07, 6.45) is -0.830. The summed E-state index contributed by atoms with van der Waals surface area (Å²) in [6.45, 7) is 3.59. The lowest BCUT2D eigenvalue weighted by Gasteiger charge is -2.15. The molecule has 0 aliphatic rings. The van der Waals surface area contributed by atoms with E-state index in [0.29, 0.717) is 0 Å². The van der Waals surface area contributed by atoms with Gasteiger partial charge in [0, 0.05) is 6.54 Å². The molecule has 2 aromatic carbocycles. The Balaban J connectivity index is 2.09. The zero-order valence-corrected chi connectivity index (χ0v) is 17.9. The van der Waals surface area contributed by atoms with Crippen LogP contribution in [0, 0.1) is 6.92 Å². The number of ether oxygens (including phenoxy) is 2. The first kappa shape index (κ1) is 22.6. The molecule has 3 aromatic rings. The minimum Gasteiger partial charge on any atom is -0.468 e. The Morgan fingerprint density at radius 1 is 1.12 bits per heavy atom. The highest BCUT2D eigenvalue weighted by molar-refractivity contribution is 5.91. The highest BCUT2D eigenvalue weighted by atomic mass is 16.7. The van der Waals surface area contributed by atoms with Gasteiger partial charge in [0.2, 0.25) is 0 Å². The van der Waals surface area contributed by atoms with E-state index in [4.69, 9.17) is 9.84 Å². The van der Waals surface area contributed by atoms with Crippen LogP contribution < -0.4 is 15.6 Å². The van der Waals surface area contributed by atoms with E-state index in [1.54, 1.807) is 0 Å². The normalized spacial score (nSPS) is 10.7. The number of hydrogen-bond acceptors (Lipinski definition) is 6. The first-order chi connectivity index (χ1) is 15.3. The van der Waals surface area contributed by atoms with Crippen molar-refractivity contribution in [1.29, 1.82) is 0 Å². The number of aromatic nitrogens is 2. The number of rotatable bonds is 6. The van der Waals surface area contributed by atoms with Crippen LogP contribution in [-0.4, -0.2) is 39.7 Å². The number of carbonyl (C=O) groups is 3. The van der Waals surface area contributed by atoms with Crippen LogP contribution in [0.2, 0.25) is 0 Å². The Morgan fingerprint density at radius 3 is 2.50 bits per heavy atom. The second-order valence-electron chi connectivity index (χ2n) is 7.00. The summed E-state index contributed by atoms with van der Waals surface area (Å²) in [5.41, 5.74) is 2.25. The van der Waals surface area contributed by atoms with Crippen LogP contribution in [0.5, 0.6) is 5.75 Å². The predicted octanol–water partition coefficient (Wildman–Crippen LogP) is 2.66. The molecule has 0 saturated carbocycles. The zero-order chi connectivity index (χ0) is 23.4. The number of carboxylic acid groups (broad SMARTS) is 1. The molecule has 0 radical (unpaired) electrons. The molecule has 0 spiro atoms. The van der Waals surface area contributed by atoms with Gasteiger partial charge in [-0.3, -0.25) is 14.3 Å². The lowest BCUT2D eigenvalue weighted by Crippen LogP contribution is -2.39.